The smallest absolute Gasteiger partial charge is 0.337 e. The van der Waals surface area contributed by atoms with Crippen LogP contribution in [-0.2, 0) is 9.53 Å². The molecule has 208 valence electrons. The maximum Gasteiger partial charge on any atom is 0.337 e. The average molecular weight is 655 g/mol. The van der Waals surface area contributed by atoms with E-state index in [1.165, 1.54) is 19.4 Å². The highest BCUT2D eigenvalue weighted by molar-refractivity contribution is 14.1. The van der Waals surface area contributed by atoms with Crippen molar-refractivity contribution >= 4 is 46.5 Å². The largest absolute Gasteiger partial charge is 0.501 e. The summed E-state index contributed by atoms with van der Waals surface area (Å²) in [7, 11) is 1.25. The fourth-order valence-electron chi connectivity index (χ4n) is 3.64. The van der Waals surface area contributed by atoms with Gasteiger partial charge in [-0.25, -0.2) is 9.59 Å². The van der Waals surface area contributed by atoms with Gasteiger partial charge in [-0.05, 0) is 60.2 Å². The van der Waals surface area contributed by atoms with Crippen LogP contribution in [0.25, 0.3) is 0 Å². The van der Waals surface area contributed by atoms with Gasteiger partial charge in [-0.1, -0.05) is 6.07 Å². The third kappa shape index (κ3) is 7.26. The first-order chi connectivity index (χ1) is 18.5. The van der Waals surface area contributed by atoms with Crippen LogP contribution in [-0.4, -0.2) is 59.9 Å². The van der Waals surface area contributed by atoms with Crippen LogP contribution in [0.2, 0.25) is 0 Å². The van der Waals surface area contributed by atoms with Crippen LogP contribution >= 0.6 is 22.6 Å². The van der Waals surface area contributed by atoms with Gasteiger partial charge in [0, 0.05) is 17.3 Å². The number of aromatic hydroxyl groups is 1. The van der Waals surface area contributed by atoms with E-state index < -0.39 is 40.6 Å². The zero-order valence-electron chi connectivity index (χ0n) is 21.1. The van der Waals surface area contributed by atoms with E-state index in [0.717, 1.165) is 6.07 Å². The van der Waals surface area contributed by atoms with Gasteiger partial charge in [-0.3, -0.25) is 15.5 Å². The minimum Gasteiger partial charge on any atom is -0.501 e. The molecule has 0 saturated carbocycles. The van der Waals surface area contributed by atoms with Gasteiger partial charge in [0.15, 0.2) is 17.7 Å². The minimum absolute atomic E-state index is 0.236. The molecular weight excluding hydrogens is 629 g/mol. The normalized spacial score (nSPS) is 15.8. The number of benzene rings is 2. The fourth-order valence-corrected chi connectivity index (χ4v) is 4.27. The van der Waals surface area contributed by atoms with Gasteiger partial charge in [-0.15, -0.1) is 0 Å². The Morgan fingerprint density at radius 2 is 2.05 bits per heavy atom. The molecule has 0 bridgehead atoms. The lowest BCUT2D eigenvalue weighted by Gasteiger charge is -2.28. The number of nitro benzene ring substituents is 1. The summed E-state index contributed by atoms with van der Waals surface area (Å²) in [5.74, 6) is -0.443. The molecule has 3 rings (SSSR count). The highest BCUT2D eigenvalue weighted by atomic mass is 127. The Morgan fingerprint density at radius 1 is 1.31 bits per heavy atom. The van der Waals surface area contributed by atoms with Crippen molar-refractivity contribution in [2.75, 3.05) is 20.3 Å². The molecule has 14 nitrogen and oxygen atoms in total. The number of hydrazone groups is 1. The van der Waals surface area contributed by atoms with Crippen LogP contribution in [0.15, 0.2) is 46.7 Å². The number of esters is 1. The Labute approximate surface area is 236 Å². The van der Waals surface area contributed by atoms with Crippen molar-refractivity contribution in [2.45, 2.75) is 26.1 Å². The SMILES string of the molecule is CCOc1cc([C@H]2NC(=O)NC(C)=C2C(=O)OC)ccc1OC[C@@H](O)N/N=C\c1cc(I)c(O)c([N+](=O)[O-])c1. The molecule has 0 unspecified atom stereocenters. The highest BCUT2D eigenvalue weighted by Crippen LogP contribution is 2.35. The second-order valence-corrected chi connectivity index (χ2v) is 9.20. The molecule has 39 heavy (non-hydrogen) atoms. The number of amides is 2. The first-order valence-corrected chi connectivity index (χ1v) is 12.5. The highest BCUT2D eigenvalue weighted by Gasteiger charge is 2.32. The maximum absolute atomic E-state index is 12.4. The number of urea groups is 1. The quantitative estimate of drug-likeness (QED) is 0.0600. The number of aliphatic hydroxyl groups is 1. The number of rotatable bonds is 11. The number of halogens is 1. The Balaban J connectivity index is 1.71. The number of hydrogen-bond donors (Lipinski definition) is 5. The molecule has 1 aliphatic heterocycles. The maximum atomic E-state index is 12.4. The van der Waals surface area contributed by atoms with Crippen molar-refractivity contribution in [3.63, 3.8) is 0 Å². The van der Waals surface area contributed by atoms with Crippen LogP contribution in [0.4, 0.5) is 10.5 Å². The molecule has 0 spiro atoms. The molecule has 1 heterocycles. The number of ether oxygens (including phenoxy) is 3. The van der Waals surface area contributed by atoms with Crippen molar-refractivity contribution in [3.05, 3.63) is 66.4 Å². The van der Waals surface area contributed by atoms with E-state index in [0.29, 0.717) is 29.2 Å². The molecule has 0 radical (unpaired) electrons. The van der Waals surface area contributed by atoms with Crippen molar-refractivity contribution in [1.82, 2.24) is 16.1 Å². The van der Waals surface area contributed by atoms with Gasteiger partial charge >= 0.3 is 17.7 Å². The minimum atomic E-state index is -1.26. The lowest BCUT2D eigenvalue weighted by molar-refractivity contribution is -0.386. The van der Waals surface area contributed by atoms with Gasteiger partial charge in [0.05, 0.1) is 40.0 Å². The van der Waals surface area contributed by atoms with Crippen molar-refractivity contribution < 1.29 is 38.9 Å². The molecule has 0 saturated heterocycles. The number of nitrogens with one attached hydrogen (secondary N) is 3. The van der Waals surface area contributed by atoms with Crippen LogP contribution < -0.4 is 25.5 Å². The van der Waals surface area contributed by atoms with Crippen molar-refractivity contribution in [1.29, 1.82) is 0 Å². The Morgan fingerprint density at radius 3 is 2.72 bits per heavy atom. The number of nitrogens with zero attached hydrogens (tertiary/aromatic N) is 2. The van der Waals surface area contributed by atoms with E-state index in [9.17, 15) is 29.9 Å². The zero-order chi connectivity index (χ0) is 28.7. The predicted octanol–water partition coefficient (Wildman–Crippen LogP) is 2.43. The van der Waals surface area contributed by atoms with Crippen molar-refractivity contribution in [2.24, 2.45) is 5.10 Å². The first-order valence-electron chi connectivity index (χ1n) is 11.4. The second-order valence-electron chi connectivity index (χ2n) is 8.04. The molecule has 15 heteroatoms. The van der Waals surface area contributed by atoms with Gasteiger partial charge in [0.25, 0.3) is 0 Å². The third-order valence-corrected chi connectivity index (χ3v) is 6.19. The number of nitro groups is 1. The summed E-state index contributed by atoms with van der Waals surface area (Å²) in [5.41, 5.74) is 3.45. The number of phenols is 1. The van der Waals surface area contributed by atoms with E-state index in [2.05, 4.69) is 21.2 Å². The van der Waals surface area contributed by atoms with Crippen LogP contribution in [0.3, 0.4) is 0 Å². The van der Waals surface area contributed by atoms with Gasteiger partial charge < -0.3 is 35.1 Å². The third-order valence-electron chi connectivity index (χ3n) is 5.37. The van der Waals surface area contributed by atoms with Gasteiger partial charge in [0.1, 0.15) is 6.61 Å². The molecular formula is C24H26IN5O9. The summed E-state index contributed by atoms with van der Waals surface area (Å²) >= 11 is 1.76. The van der Waals surface area contributed by atoms with E-state index in [1.54, 1.807) is 54.6 Å². The molecule has 2 aromatic carbocycles. The average Bonchev–Trinajstić information content (AvgIpc) is 2.89. The molecule has 2 aromatic rings. The van der Waals surface area contributed by atoms with Gasteiger partial charge in [0.2, 0.25) is 5.75 Å². The van der Waals surface area contributed by atoms with Crippen LogP contribution in [0, 0.1) is 13.7 Å². The molecule has 0 aliphatic carbocycles. The lowest BCUT2D eigenvalue weighted by Crippen LogP contribution is -2.45. The summed E-state index contributed by atoms with van der Waals surface area (Å²) < 4.78 is 16.5. The Hall–Kier alpha value is -4.12. The van der Waals surface area contributed by atoms with Crippen molar-refractivity contribution in [3.8, 4) is 17.2 Å². The van der Waals surface area contributed by atoms with E-state index in [1.807, 2.05) is 0 Å². The number of phenolic OH excluding ortho intramolecular Hbond substituents is 1. The number of hydrogen-bond acceptors (Lipinski definition) is 11. The number of allylic oxidation sites excluding steroid dienone is 1. The second kappa shape index (κ2) is 13.1. The van der Waals surface area contributed by atoms with Gasteiger partial charge in [-0.2, -0.15) is 5.10 Å². The monoisotopic (exact) mass is 655 g/mol. The Bertz CT molecular complexity index is 1330. The molecule has 0 aromatic heterocycles. The molecule has 2 atom stereocenters. The lowest BCUT2D eigenvalue weighted by atomic mass is 9.95. The summed E-state index contributed by atoms with van der Waals surface area (Å²) in [6.07, 6.45) is -0.0123. The predicted molar refractivity (Wildman–Crippen MR) is 146 cm³/mol. The molecule has 0 fully saturated rings. The van der Waals surface area contributed by atoms with E-state index in [4.69, 9.17) is 14.2 Å². The number of aliphatic hydroxyl groups excluding tert-OH is 1. The first kappa shape index (κ1) is 29.4. The Kier molecular flexibility index (Phi) is 9.89. The van der Waals surface area contributed by atoms with Crippen LogP contribution in [0.5, 0.6) is 17.2 Å². The van der Waals surface area contributed by atoms with E-state index >= 15 is 0 Å². The number of carbonyl (C=O) groups is 2. The molecule has 5 N–H and O–H groups in total. The number of methoxy groups -OCH3 is 1. The molecule has 2 amide bonds. The number of carbonyl (C=O) groups excluding carboxylic acids is 2. The summed E-state index contributed by atoms with van der Waals surface area (Å²) in [6, 6.07) is 6.19. The van der Waals surface area contributed by atoms with E-state index in [-0.39, 0.29) is 21.5 Å². The topological polar surface area (TPSA) is 194 Å². The molecule has 1 aliphatic rings. The standard InChI is InChI=1S/C24H26IN5O9/c1-4-38-18-9-14(21-20(23(33)37-3)12(2)27-24(34)28-21)5-6-17(18)39-11-19(31)29-26-10-13-7-15(25)22(32)16(8-13)30(35)36/h5-10,19,21,29,31-32H,4,11H2,1-3H3,(H2,27,28,34)/b26-10-/t19-,21-/m1/s1. The fraction of sp³-hybridized carbons (Fsp3) is 0.292. The summed E-state index contributed by atoms with van der Waals surface area (Å²) in [6.45, 7) is 3.41. The van der Waals surface area contributed by atoms with Crippen LogP contribution in [0.1, 0.15) is 31.0 Å². The summed E-state index contributed by atoms with van der Waals surface area (Å²) in [5, 5.41) is 40.2. The summed E-state index contributed by atoms with van der Waals surface area (Å²) in [4.78, 5) is 34.8. The zero-order valence-corrected chi connectivity index (χ0v) is 23.2.